The standard InChI is InChI=1S/C7H12N2OS/c1-5(10-2)3-7-9-6(8)4-11-7/h4-5H,3,8H2,1-2H3. The molecule has 0 aliphatic rings. The van der Waals surface area contributed by atoms with Crippen LogP contribution in [0.25, 0.3) is 0 Å². The third-order valence-electron chi connectivity index (χ3n) is 1.43. The lowest BCUT2D eigenvalue weighted by molar-refractivity contribution is 0.119. The Morgan fingerprint density at radius 2 is 2.55 bits per heavy atom. The molecule has 0 aromatic carbocycles. The zero-order chi connectivity index (χ0) is 8.27. The highest BCUT2D eigenvalue weighted by atomic mass is 32.1. The lowest BCUT2D eigenvalue weighted by Gasteiger charge is -2.04. The summed E-state index contributed by atoms with van der Waals surface area (Å²) in [7, 11) is 1.70. The molecule has 0 bridgehead atoms. The number of nitrogens with zero attached hydrogens (tertiary/aromatic N) is 1. The molecule has 0 radical (unpaired) electrons. The molecule has 0 amide bonds. The SMILES string of the molecule is COC(C)Cc1nc(N)cs1. The molecule has 1 unspecified atom stereocenters. The fourth-order valence-corrected chi connectivity index (χ4v) is 1.55. The Morgan fingerprint density at radius 1 is 1.82 bits per heavy atom. The largest absolute Gasteiger partial charge is 0.383 e. The zero-order valence-electron chi connectivity index (χ0n) is 6.70. The third-order valence-corrected chi connectivity index (χ3v) is 2.32. The van der Waals surface area contributed by atoms with Crippen LogP contribution in [0.5, 0.6) is 0 Å². The van der Waals surface area contributed by atoms with Crippen LogP contribution in [0.2, 0.25) is 0 Å². The van der Waals surface area contributed by atoms with E-state index >= 15 is 0 Å². The molecule has 0 saturated carbocycles. The molecule has 1 atom stereocenters. The Labute approximate surface area is 70.2 Å². The van der Waals surface area contributed by atoms with Crippen LogP contribution < -0.4 is 5.73 Å². The molecule has 0 spiro atoms. The number of rotatable bonds is 3. The number of thiazole rings is 1. The van der Waals surface area contributed by atoms with Gasteiger partial charge in [-0.05, 0) is 6.92 Å². The van der Waals surface area contributed by atoms with E-state index < -0.39 is 0 Å². The van der Waals surface area contributed by atoms with Gasteiger partial charge in [-0.3, -0.25) is 0 Å². The smallest absolute Gasteiger partial charge is 0.134 e. The van der Waals surface area contributed by atoms with E-state index in [1.165, 1.54) is 0 Å². The number of hydrogen-bond acceptors (Lipinski definition) is 4. The lowest BCUT2D eigenvalue weighted by Crippen LogP contribution is -2.08. The Bertz CT molecular complexity index is 224. The number of hydrogen-bond donors (Lipinski definition) is 1. The van der Waals surface area contributed by atoms with Gasteiger partial charge in [-0.2, -0.15) is 0 Å². The van der Waals surface area contributed by atoms with Gasteiger partial charge in [0.1, 0.15) is 5.82 Å². The van der Waals surface area contributed by atoms with Crippen LogP contribution in [0.1, 0.15) is 11.9 Å². The second-order valence-electron chi connectivity index (χ2n) is 2.42. The van der Waals surface area contributed by atoms with Crippen molar-refractivity contribution < 1.29 is 4.74 Å². The lowest BCUT2D eigenvalue weighted by atomic mass is 10.3. The number of nitrogens with two attached hydrogens (primary N) is 1. The van der Waals surface area contributed by atoms with Crippen molar-refractivity contribution in [1.82, 2.24) is 4.98 Å². The molecule has 0 aliphatic carbocycles. The maximum Gasteiger partial charge on any atom is 0.134 e. The van der Waals surface area contributed by atoms with Gasteiger partial charge in [-0.15, -0.1) is 11.3 Å². The Balaban J connectivity index is 2.50. The maximum atomic E-state index is 5.45. The zero-order valence-corrected chi connectivity index (χ0v) is 7.52. The third kappa shape index (κ3) is 2.48. The van der Waals surface area contributed by atoms with Crippen molar-refractivity contribution in [2.24, 2.45) is 0 Å². The predicted molar refractivity (Wildman–Crippen MR) is 46.7 cm³/mol. The summed E-state index contributed by atoms with van der Waals surface area (Å²) >= 11 is 1.58. The molecule has 0 fully saturated rings. The fraction of sp³-hybridized carbons (Fsp3) is 0.571. The van der Waals surface area contributed by atoms with Crippen LogP contribution in [-0.2, 0) is 11.2 Å². The van der Waals surface area contributed by atoms with E-state index in [9.17, 15) is 0 Å². The molecule has 0 aliphatic heterocycles. The number of aromatic nitrogens is 1. The summed E-state index contributed by atoms with van der Waals surface area (Å²) in [6.45, 7) is 2.01. The summed E-state index contributed by atoms with van der Waals surface area (Å²) in [5.41, 5.74) is 5.45. The van der Waals surface area contributed by atoms with E-state index in [1.807, 2.05) is 12.3 Å². The molecule has 1 heterocycles. The summed E-state index contributed by atoms with van der Waals surface area (Å²) < 4.78 is 5.09. The first kappa shape index (κ1) is 8.49. The second-order valence-corrected chi connectivity index (χ2v) is 3.36. The minimum absolute atomic E-state index is 0.223. The molecule has 2 N–H and O–H groups in total. The van der Waals surface area contributed by atoms with Gasteiger partial charge in [-0.25, -0.2) is 4.98 Å². The Morgan fingerprint density at radius 3 is 3.00 bits per heavy atom. The van der Waals surface area contributed by atoms with Gasteiger partial charge in [0.15, 0.2) is 0 Å². The first-order valence-electron chi connectivity index (χ1n) is 3.45. The van der Waals surface area contributed by atoms with E-state index in [1.54, 1.807) is 18.4 Å². The quantitative estimate of drug-likeness (QED) is 0.747. The highest BCUT2D eigenvalue weighted by Gasteiger charge is 2.04. The number of ether oxygens (including phenoxy) is 1. The van der Waals surface area contributed by atoms with Gasteiger partial charge in [0.2, 0.25) is 0 Å². The molecule has 1 aromatic heterocycles. The first-order valence-corrected chi connectivity index (χ1v) is 4.33. The molecule has 1 rings (SSSR count). The van der Waals surface area contributed by atoms with Crippen molar-refractivity contribution in [1.29, 1.82) is 0 Å². The molecular weight excluding hydrogens is 160 g/mol. The summed E-state index contributed by atoms with van der Waals surface area (Å²) in [4.78, 5) is 4.11. The monoisotopic (exact) mass is 172 g/mol. The average Bonchev–Trinajstić information content (AvgIpc) is 2.35. The van der Waals surface area contributed by atoms with Crippen molar-refractivity contribution in [2.75, 3.05) is 12.8 Å². The van der Waals surface area contributed by atoms with Gasteiger partial charge in [0.25, 0.3) is 0 Å². The maximum absolute atomic E-state index is 5.45. The van der Waals surface area contributed by atoms with E-state index in [4.69, 9.17) is 10.5 Å². The molecule has 11 heavy (non-hydrogen) atoms. The summed E-state index contributed by atoms with van der Waals surface area (Å²) in [6, 6.07) is 0. The van der Waals surface area contributed by atoms with Crippen molar-refractivity contribution in [3.8, 4) is 0 Å². The van der Waals surface area contributed by atoms with Crippen LogP contribution >= 0.6 is 11.3 Å². The minimum atomic E-state index is 0.223. The number of nitrogen functional groups attached to an aromatic ring is 1. The van der Waals surface area contributed by atoms with Crippen LogP contribution in [0.15, 0.2) is 5.38 Å². The van der Waals surface area contributed by atoms with Crippen molar-refractivity contribution in [3.63, 3.8) is 0 Å². The van der Waals surface area contributed by atoms with E-state index in [2.05, 4.69) is 4.98 Å². The molecule has 4 heteroatoms. The second kappa shape index (κ2) is 3.69. The van der Waals surface area contributed by atoms with E-state index in [-0.39, 0.29) is 6.10 Å². The van der Waals surface area contributed by atoms with Crippen LogP contribution in [0, 0.1) is 0 Å². The van der Waals surface area contributed by atoms with Gasteiger partial charge in [0.05, 0.1) is 11.1 Å². The summed E-state index contributed by atoms with van der Waals surface area (Å²) in [5.74, 6) is 0.605. The van der Waals surface area contributed by atoms with E-state index in [0.717, 1.165) is 11.4 Å². The average molecular weight is 172 g/mol. The molecule has 3 nitrogen and oxygen atoms in total. The van der Waals surface area contributed by atoms with Crippen LogP contribution in [-0.4, -0.2) is 18.2 Å². The Hall–Kier alpha value is -0.610. The molecule has 0 saturated heterocycles. The minimum Gasteiger partial charge on any atom is -0.383 e. The highest BCUT2D eigenvalue weighted by Crippen LogP contribution is 2.13. The molecule has 62 valence electrons. The van der Waals surface area contributed by atoms with Gasteiger partial charge < -0.3 is 10.5 Å². The van der Waals surface area contributed by atoms with Crippen molar-refractivity contribution in [2.45, 2.75) is 19.4 Å². The van der Waals surface area contributed by atoms with Crippen LogP contribution in [0.4, 0.5) is 5.82 Å². The Kier molecular flexibility index (Phi) is 2.84. The number of anilines is 1. The highest BCUT2D eigenvalue weighted by molar-refractivity contribution is 7.10. The fourth-order valence-electron chi connectivity index (χ4n) is 0.748. The van der Waals surface area contributed by atoms with E-state index in [0.29, 0.717) is 5.82 Å². The van der Waals surface area contributed by atoms with Gasteiger partial charge in [0, 0.05) is 18.9 Å². The van der Waals surface area contributed by atoms with Crippen molar-refractivity contribution in [3.05, 3.63) is 10.4 Å². The first-order chi connectivity index (χ1) is 5.22. The normalized spacial score (nSPS) is 13.3. The van der Waals surface area contributed by atoms with Crippen LogP contribution in [0.3, 0.4) is 0 Å². The number of methoxy groups -OCH3 is 1. The summed E-state index contributed by atoms with van der Waals surface area (Å²) in [5, 5.41) is 2.88. The summed E-state index contributed by atoms with van der Waals surface area (Å²) in [6.07, 6.45) is 1.07. The predicted octanol–water partition coefficient (Wildman–Crippen LogP) is 1.30. The topological polar surface area (TPSA) is 48.1 Å². The van der Waals surface area contributed by atoms with Gasteiger partial charge >= 0.3 is 0 Å². The van der Waals surface area contributed by atoms with Gasteiger partial charge in [-0.1, -0.05) is 0 Å². The van der Waals surface area contributed by atoms with Crippen molar-refractivity contribution >= 4 is 17.2 Å². The molecular formula is C7H12N2OS. The molecule has 1 aromatic rings.